The van der Waals surface area contributed by atoms with Crippen LogP contribution in [-0.2, 0) is 19.5 Å². The summed E-state index contributed by atoms with van der Waals surface area (Å²) in [4.78, 5) is 15.0. The van der Waals surface area contributed by atoms with Crippen LogP contribution in [-0.4, -0.2) is 74.8 Å². The number of anilines is 1. The van der Waals surface area contributed by atoms with Crippen molar-refractivity contribution in [3.05, 3.63) is 41.8 Å². The molecule has 0 radical (unpaired) electrons. The van der Waals surface area contributed by atoms with Gasteiger partial charge in [-0.05, 0) is 29.1 Å². The Balaban J connectivity index is 1.38. The maximum absolute atomic E-state index is 13.1. The molecule has 2 aromatic rings. The zero-order chi connectivity index (χ0) is 22.6. The molecule has 9 nitrogen and oxygen atoms in total. The van der Waals surface area contributed by atoms with E-state index in [0.29, 0.717) is 39.4 Å². The topological polar surface area (TPSA) is 108 Å². The predicted octanol–water partition coefficient (Wildman–Crippen LogP) is 2.53. The molecule has 32 heavy (non-hydrogen) atoms. The summed E-state index contributed by atoms with van der Waals surface area (Å²) in [6.07, 6.45) is -0.537. The van der Waals surface area contributed by atoms with Crippen molar-refractivity contribution in [2.24, 2.45) is 0 Å². The van der Waals surface area contributed by atoms with Gasteiger partial charge in [0.25, 0.3) is 0 Å². The van der Waals surface area contributed by atoms with Gasteiger partial charge in [0.2, 0.25) is 10.0 Å². The number of carbonyl (C=O) groups excluding carboxylic acids is 1. The minimum Gasteiger partial charge on any atom is -0.440 e. The van der Waals surface area contributed by atoms with Crippen LogP contribution in [0, 0.1) is 0 Å². The van der Waals surface area contributed by atoms with E-state index in [1.54, 1.807) is 11.3 Å². The van der Waals surface area contributed by atoms with Gasteiger partial charge in [0.1, 0.15) is 11.4 Å². The van der Waals surface area contributed by atoms with Gasteiger partial charge in [-0.2, -0.15) is 4.31 Å². The molecule has 2 saturated heterocycles. The molecular weight excluding hydrogens is 454 g/mol. The fourth-order valence-corrected chi connectivity index (χ4v) is 6.81. The van der Waals surface area contributed by atoms with Gasteiger partial charge in [0.05, 0.1) is 13.2 Å². The van der Waals surface area contributed by atoms with Gasteiger partial charge in [-0.3, -0.25) is 5.21 Å². The Bertz CT molecular complexity index is 997. The number of nitrogens with zero attached hydrogens (tertiary/aromatic N) is 2. The lowest BCUT2D eigenvalue weighted by atomic mass is 9.96. The van der Waals surface area contributed by atoms with Crippen molar-refractivity contribution in [2.45, 2.75) is 18.4 Å². The highest BCUT2D eigenvalue weighted by Gasteiger charge is 2.43. The first-order valence-electron chi connectivity index (χ1n) is 10.5. The molecule has 2 aliphatic heterocycles. The number of amides is 1. The highest BCUT2D eigenvalue weighted by Crippen LogP contribution is 2.30. The summed E-state index contributed by atoms with van der Waals surface area (Å²) in [5.74, 6) is -0.327. The van der Waals surface area contributed by atoms with Crippen LogP contribution in [0.1, 0.15) is 12.8 Å². The van der Waals surface area contributed by atoms with Crippen LogP contribution in [0.5, 0.6) is 0 Å². The maximum Gasteiger partial charge on any atom is 0.431 e. The van der Waals surface area contributed by atoms with Gasteiger partial charge in [-0.25, -0.2) is 18.7 Å². The first-order valence-corrected chi connectivity index (χ1v) is 13.0. The first kappa shape index (κ1) is 23.0. The van der Waals surface area contributed by atoms with Crippen molar-refractivity contribution in [3.63, 3.8) is 0 Å². The molecule has 2 aliphatic rings. The highest BCUT2D eigenvalue weighted by molar-refractivity contribution is 7.89. The van der Waals surface area contributed by atoms with E-state index in [4.69, 9.17) is 14.7 Å². The van der Waals surface area contributed by atoms with Crippen molar-refractivity contribution >= 4 is 33.1 Å². The molecular formula is C21H27N3O6S2. The van der Waals surface area contributed by atoms with Crippen LogP contribution >= 0.6 is 11.3 Å². The maximum atomic E-state index is 13.1. The third-order valence-corrected chi connectivity index (χ3v) is 8.88. The second-order valence-corrected chi connectivity index (χ2v) is 10.9. The molecule has 0 spiro atoms. The molecule has 3 heterocycles. The molecule has 2 N–H and O–H groups in total. The summed E-state index contributed by atoms with van der Waals surface area (Å²) in [6.45, 7) is 2.45. The zero-order valence-corrected chi connectivity index (χ0v) is 19.2. The Labute approximate surface area is 191 Å². The van der Waals surface area contributed by atoms with Gasteiger partial charge in [0, 0.05) is 49.6 Å². The summed E-state index contributed by atoms with van der Waals surface area (Å²) < 4.78 is 38.3. The summed E-state index contributed by atoms with van der Waals surface area (Å²) in [5.41, 5.74) is 2.44. The number of ether oxygens (including phenoxy) is 2. The molecule has 1 aromatic carbocycles. The van der Waals surface area contributed by atoms with E-state index in [-0.39, 0.29) is 18.6 Å². The van der Waals surface area contributed by atoms with Crippen molar-refractivity contribution in [1.29, 1.82) is 0 Å². The van der Waals surface area contributed by atoms with Crippen molar-refractivity contribution in [2.75, 3.05) is 50.0 Å². The number of hydrogen-bond acceptors (Lipinski definition) is 8. The number of carbonyl (C=O) groups is 1. The van der Waals surface area contributed by atoms with Crippen molar-refractivity contribution < 1.29 is 27.9 Å². The lowest BCUT2D eigenvalue weighted by molar-refractivity contribution is -0.0662. The zero-order valence-electron chi connectivity index (χ0n) is 17.6. The van der Waals surface area contributed by atoms with E-state index >= 15 is 0 Å². The van der Waals surface area contributed by atoms with E-state index in [1.807, 2.05) is 6.07 Å². The average Bonchev–Trinajstić information content (AvgIpc) is 3.34. The Morgan fingerprint density at radius 3 is 2.41 bits per heavy atom. The van der Waals surface area contributed by atoms with Crippen LogP contribution in [0.2, 0.25) is 0 Å². The Morgan fingerprint density at radius 1 is 1.12 bits per heavy atom. The molecule has 1 aromatic heterocycles. The summed E-state index contributed by atoms with van der Waals surface area (Å²) in [7, 11) is -3.67. The number of piperazine rings is 1. The third kappa shape index (κ3) is 5.24. The third-order valence-electron chi connectivity index (χ3n) is 5.92. The van der Waals surface area contributed by atoms with Gasteiger partial charge in [0.15, 0.2) is 0 Å². The van der Waals surface area contributed by atoms with Gasteiger partial charge in [-0.1, -0.05) is 18.2 Å². The number of thiophene rings is 1. The van der Waals surface area contributed by atoms with E-state index < -0.39 is 21.7 Å². The van der Waals surface area contributed by atoms with Crippen molar-refractivity contribution in [3.8, 4) is 10.4 Å². The quantitative estimate of drug-likeness (QED) is 0.482. The highest BCUT2D eigenvalue weighted by atomic mass is 32.2. The van der Waals surface area contributed by atoms with Gasteiger partial charge in [-0.15, -0.1) is 11.3 Å². The molecule has 2 fully saturated rings. The van der Waals surface area contributed by atoms with E-state index in [0.717, 1.165) is 5.69 Å². The van der Waals surface area contributed by atoms with Gasteiger partial charge < -0.3 is 14.4 Å². The number of sulfonamides is 1. The number of rotatable bonds is 6. The number of nitrogens with one attached hydrogen (secondary N) is 1. The molecule has 4 rings (SSSR count). The fraction of sp³-hybridized carbons (Fsp3) is 0.476. The standard InChI is InChI=1S/C21H27N3O6S2/c25-20(22-26)30-21(7-13-29-14-8-21)16-32(27,28)24-11-9-23(10-12-24)18-5-3-17(4-6-18)19-2-1-15-31-19/h1-6,15,26H,7-14,16H2,(H,22,25). The Hall–Kier alpha value is -2.18. The first-order chi connectivity index (χ1) is 15.4. The summed E-state index contributed by atoms with van der Waals surface area (Å²) in [6, 6.07) is 12.4. The molecule has 1 amide bonds. The fourth-order valence-electron chi connectivity index (χ4n) is 4.17. The molecule has 11 heteroatoms. The average molecular weight is 482 g/mol. The second-order valence-electron chi connectivity index (χ2n) is 7.96. The van der Waals surface area contributed by atoms with Crippen LogP contribution in [0.25, 0.3) is 10.4 Å². The molecule has 174 valence electrons. The molecule has 0 saturated carbocycles. The summed E-state index contributed by atoms with van der Waals surface area (Å²) in [5, 5.41) is 10.9. The summed E-state index contributed by atoms with van der Waals surface area (Å²) >= 11 is 1.70. The van der Waals surface area contributed by atoms with Crippen LogP contribution in [0.15, 0.2) is 41.8 Å². The monoisotopic (exact) mass is 481 g/mol. The number of hydroxylamine groups is 1. The van der Waals surface area contributed by atoms with E-state index in [1.165, 1.54) is 20.2 Å². The lowest BCUT2D eigenvalue weighted by Gasteiger charge is -2.39. The Morgan fingerprint density at radius 2 is 1.81 bits per heavy atom. The normalized spacial score (nSPS) is 19.5. The van der Waals surface area contributed by atoms with E-state index in [2.05, 4.69) is 40.6 Å². The molecule has 0 unspecified atom stereocenters. The Kier molecular flexibility index (Phi) is 7.01. The molecule has 0 aliphatic carbocycles. The van der Waals surface area contributed by atoms with E-state index in [9.17, 15) is 13.2 Å². The van der Waals surface area contributed by atoms with Crippen LogP contribution < -0.4 is 10.4 Å². The smallest absolute Gasteiger partial charge is 0.431 e. The number of hydrogen-bond donors (Lipinski definition) is 2. The molecule has 0 atom stereocenters. The van der Waals surface area contributed by atoms with Crippen LogP contribution in [0.4, 0.5) is 10.5 Å². The largest absolute Gasteiger partial charge is 0.440 e. The SMILES string of the molecule is O=C(NO)OC1(CS(=O)(=O)N2CCN(c3ccc(-c4cccs4)cc3)CC2)CCOCC1. The second kappa shape index (κ2) is 9.75. The predicted molar refractivity (Wildman–Crippen MR) is 122 cm³/mol. The van der Waals surface area contributed by atoms with Crippen LogP contribution in [0.3, 0.4) is 0 Å². The minimum absolute atomic E-state index is 0.260. The van der Waals surface area contributed by atoms with Crippen molar-refractivity contribution in [1.82, 2.24) is 9.79 Å². The lowest BCUT2D eigenvalue weighted by Crippen LogP contribution is -2.54. The minimum atomic E-state index is -3.67. The number of benzene rings is 1. The van der Waals surface area contributed by atoms with Gasteiger partial charge >= 0.3 is 6.09 Å². The molecule has 0 bridgehead atoms.